The van der Waals surface area contributed by atoms with Crippen molar-refractivity contribution in [3.05, 3.63) is 99.6 Å². The van der Waals surface area contributed by atoms with Crippen molar-refractivity contribution in [3.63, 3.8) is 0 Å². The van der Waals surface area contributed by atoms with Gasteiger partial charge in [0.05, 0.1) is 22.6 Å². The number of anilines is 1. The zero-order valence-electron chi connectivity index (χ0n) is 16.7. The van der Waals surface area contributed by atoms with Gasteiger partial charge in [-0.25, -0.2) is 9.59 Å². The smallest absolute Gasteiger partial charge is 0.420 e. The molecule has 0 spiro atoms. The molecule has 0 aliphatic heterocycles. The molecule has 1 N–H and O–H groups in total. The molecule has 0 fully saturated rings. The van der Waals surface area contributed by atoms with E-state index in [0.717, 1.165) is 35.2 Å². The lowest BCUT2D eigenvalue weighted by Gasteiger charge is -2.23. The summed E-state index contributed by atoms with van der Waals surface area (Å²) in [7, 11) is 0. The van der Waals surface area contributed by atoms with E-state index >= 15 is 0 Å². The van der Waals surface area contributed by atoms with Crippen molar-refractivity contribution in [2.45, 2.75) is 12.7 Å². The van der Waals surface area contributed by atoms with Crippen LogP contribution in [0.3, 0.4) is 0 Å². The standard InChI is InChI=1S/C22H15F3N2O6/c23-22(24,25)16-2-1-3-18(12-16)26(13-14-4-6-15(7-5-14)20(28)29)21(30)33-19-10-8-17(9-11-19)27(31)32/h1-12H,13H2,(H,28,29). The first-order chi connectivity index (χ1) is 15.5. The van der Waals surface area contributed by atoms with Gasteiger partial charge in [0.25, 0.3) is 5.69 Å². The Hall–Kier alpha value is -4.41. The molecular formula is C22H15F3N2O6. The molecule has 8 nitrogen and oxygen atoms in total. The number of hydrogen-bond acceptors (Lipinski definition) is 5. The number of alkyl halides is 3. The first-order valence-corrected chi connectivity index (χ1v) is 9.28. The van der Waals surface area contributed by atoms with E-state index in [1.165, 1.54) is 42.5 Å². The molecule has 170 valence electrons. The second kappa shape index (κ2) is 9.39. The number of rotatable bonds is 6. The number of nitro groups is 1. The zero-order chi connectivity index (χ0) is 24.2. The summed E-state index contributed by atoms with van der Waals surface area (Å²) >= 11 is 0. The van der Waals surface area contributed by atoms with Gasteiger partial charge in [-0.1, -0.05) is 18.2 Å². The number of benzene rings is 3. The van der Waals surface area contributed by atoms with Gasteiger partial charge in [-0.2, -0.15) is 13.2 Å². The summed E-state index contributed by atoms with van der Waals surface area (Å²) in [5, 5.41) is 19.8. The van der Waals surface area contributed by atoms with Crippen LogP contribution in [0.25, 0.3) is 0 Å². The van der Waals surface area contributed by atoms with Crippen LogP contribution in [0, 0.1) is 10.1 Å². The van der Waals surface area contributed by atoms with E-state index in [1.54, 1.807) is 0 Å². The SMILES string of the molecule is O=C(O)c1ccc(CN(C(=O)Oc2ccc([N+](=O)[O-])cc2)c2cccc(C(F)(F)F)c2)cc1. The molecule has 0 radical (unpaired) electrons. The van der Waals surface area contributed by atoms with Crippen molar-refractivity contribution in [2.24, 2.45) is 0 Å². The van der Waals surface area contributed by atoms with Crippen molar-refractivity contribution >= 4 is 23.4 Å². The lowest BCUT2D eigenvalue weighted by molar-refractivity contribution is -0.384. The number of non-ortho nitro benzene ring substituents is 1. The quantitative estimate of drug-likeness (QED) is 0.383. The summed E-state index contributed by atoms with van der Waals surface area (Å²) in [5.41, 5.74) is -0.896. The summed E-state index contributed by atoms with van der Waals surface area (Å²) in [6.45, 7) is -0.229. The molecule has 0 unspecified atom stereocenters. The molecule has 33 heavy (non-hydrogen) atoms. The molecule has 0 saturated carbocycles. The van der Waals surface area contributed by atoms with Crippen molar-refractivity contribution in [2.75, 3.05) is 4.90 Å². The van der Waals surface area contributed by atoms with Crippen LogP contribution in [-0.2, 0) is 12.7 Å². The average molecular weight is 460 g/mol. The van der Waals surface area contributed by atoms with Crippen LogP contribution < -0.4 is 9.64 Å². The van der Waals surface area contributed by atoms with E-state index in [-0.39, 0.29) is 29.2 Å². The average Bonchev–Trinajstić information content (AvgIpc) is 2.77. The number of nitro benzene ring substituents is 1. The lowest BCUT2D eigenvalue weighted by Crippen LogP contribution is -2.33. The first kappa shape index (κ1) is 23.3. The number of amides is 1. The Labute approximate surface area is 184 Å². The van der Waals surface area contributed by atoms with Crippen LogP contribution in [0.15, 0.2) is 72.8 Å². The maximum Gasteiger partial charge on any atom is 0.420 e. The molecular weight excluding hydrogens is 445 g/mol. The van der Waals surface area contributed by atoms with Crippen molar-refractivity contribution in [1.82, 2.24) is 0 Å². The number of carboxylic acid groups (broad SMARTS) is 1. The van der Waals surface area contributed by atoms with Gasteiger partial charge >= 0.3 is 18.2 Å². The summed E-state index contributed by atoms with van der Waals surface area (Å²) in [4.78, 5) is 35.0. The molecule has 0 heterocycles. The first-order valence-electron chi connectivity index (χ1n) is 9.28. The van der Waals surface area contributed by atoms with E-state index in [0.29, 0.717) is 5.56 Å². The van der Waals surface area contributed by atoms with Crippen LogP contribution in [0.5, 0.6) is 5.75 Å². The fourth-order valence-electron chi connectivity index (χ4n) is 2.84. The van der Waals surface area contributed by atoms with E-state index < -0.39 is 28.7 Å². The Bertz CT molecular complexity index is 1180. The lowest BCUT2D eigenvalue weighted by atomic mass is 10.1. The van der Waals surface area contributed by atoms with Gasteiger partial charge < -0.3 is 9.84 Å². The maximum atomic E-state index is 13.2. The number of halogens is 3. The predicted molar refractivity (Wildman–Crippen MR) is 110 cm³/mol. The molecule has 1 amide bonds. The van der Waals surface area contributed by atoms with Gasteiger partial charge in [-0.05, 0) is 48.0 Å². The second-order valence-corrected chi connectivity index (χ2v) is 6.76. The third-order valence-corrected chi connectivity index (χ3v) is 4.50. The fraction of sp³-hybridized carbons (Fsp3) is 0.0909. The van der Waals surface area contributed by atoms with Gasteiger partial charge in [-0.15, -0.1) is 0 Å². The van der Waals surface area contributed by atoms with Gasteiger partial charge in [-0.3, -0.25) is 15.0 Å². The predicted octanol–water partition coefficient (Wildman–Crippen LogP) is 5.52. The molecule has 11 heteroatoms. The van der Waals surface area contributed by atoms with E-state index in [1.807, 2.05) is 0 Å². The number of ether oxygens (including phenoxy) is 1. The highest BCUT2D eigenvalue weighted by Gasteiger charge is 2.31. The highest BCUT2D eigenvalue weighted by molar-refractivity contribution is 5.90. The molecule has 3 aromatic rings. The number of carbonyl (C=O) groups excluding carboxylic acids is 1. The minimum absolute atomic E-state index is 0.00201. The molecule has 0 aromatic heterocycles. The van der Waals surface area contributed by atoms with E-state index in [2.05, 4.69) is 0 Å². The van der Waals surface area contributed by atoms with Crippen LogP contribution in [0.1, 0.15) is 21.5 Å². The van der Waals surface area contributed by atoms with Gasteiger partial charge in [0, 0.05) is 17.8 Å². The van der Waals surface area contributed by atoms with E-state index in [4.69, 9.17) is 9.84 Å². The summed E-state index contributed by atoms with van der Waals surface area (Å²) in [6, 6.07) is 14.1. The molecule has 3 rings (SSSR count). The van der Waals surface area contributed by atoms with Gasteiger partial charge in [0.1, 0.15) is 5.75 Å². The Balaban J connectivity index is 1.92. The van der Waals surface area contributed by atoms with Gasteiger partial charge in [0.2, 0.25) is 0 Å². The number of carboxylic acids is 1. The monoisotopic (exact) mass is 460 g/mol. The third-order valence-electron chi connectivity index (χ3n) is 4.50. The minimum atomic E-state index is -4.65. The summed E-state index contributed by atoms with van der Waals surface area (Å²) < 4.78 is 44.8. The number of aromatic carboxylic acids is 1. The molecule has 0 bridgehead atoms. The van der Waals surface area contributed by atoms with Crippen molar-refractivity contribution in [1.29, 1.82) is 0 Å². The fourth-order valence-corrected chi connectivity index (χ4v) is 2.84. The third kappa shape index (κ3) is 5.85. The molecule has 0 saturated heterocycles. The summed E-state index contributed by atoms with van der Waals surface area (Å²) in [6.07, 6.45) is -5.68. The maximum absolute atomic E-state index is 13.2. The van der Waals surface area contributed by atoms with Crippen LogP contribution in [0.4, 0.5) is 29.3 Å². The van der Waals surface area contributed by atoms with Crippen LogP contribution in [0.2, 0.25) is 0 Å². The Morgan fingerprint density at radius 1 is 1.00 bits per heavy atom. The van der Waals surface area contributed by atoms with Gasteiger partial charge in [0.15, 0.2) is 0 Å². The van der Waals surface area contributed by atoms with Crippen molar-refractivity contribution < 1.29 is 37.5 Å². The zero-order valence-corrected chi connectivity index (χ0v) is 16.7. The highest BCUT2D eigenvalue weighted by Crippen LogP contribution is 2.32. The molecule has 3 aromatic carbocycles. The largest absolute Gasteiger partial charge is 0.478 e. The normalized spacial score (nSPS) is 11.0. The van der Waals surface area contributed by atoms with Crippen LogP contribution >= 0.6 is 0 Å². The topological polar surface area (TPSA) is 110 Å². The minimum Gasteiger partial charge on any atom is -0.478 e. The molecule has 0 atom stereocenters. The number of carbonyl (C=O) groups is 2. The number of hydrogen-bond donors (Lipinski definition) is 1. The molecule has 0 aliphatic rings. The highest BCUT2D eigenvalue weighted by atomic mass is 19.4. The number of nitrogens with zero attached hydrogens (tertiary/aromatic N) is 2. The molecule has 0 aliphatic carbocycles. The van der Waals surface area contributed by atoms with Crippen molar-refractivity contribution in [3.8, 4) is 5.75 Å². The van der Waals surface area contributed by atoms with Crippen LogP contribution in [-0.4, -0.2) is 22.1 Å². The Morgan fingerprint density at radius 3 is 2.18 bits per heavy atom. The second-order valence-electron chi connectivity index (χ2n) is 6.76. The Morgan fingerprint density at radius 2 is 1.64 bits per heavy atom. The summed E-state index contributed by atoms with van der Waals surface area (Å²) in [5.74, 6) is -1.21. The van der Waals surface area contributed by atoms with E-state index in [9.17, 15) is 32.9 Å². The Kier molecular flexibility index (Phi) is 6.61.